The molecule has 0 aromatic rings. The number of carboxylic acids is 1. The standard InChI is InChI=1S/C5H8Br2O2/c1-2-3(6)4(7)5(8)9/h3-4H,2H2,1H3,(H,8,9). The third-order valence-electron chi connectivity index (χ3n) is 0.943. The van der Waals surface area contributed by atoms with E-state index in [1.165, 1.54) is 0 Å². The van der Waals surface area contributed by atoms with Crippen molar-refractivity contribution in [2.75, 3.05) is 0 Å². The van der Waals surface area contributed by atoms with Gasteiger partial charge < -0.3 is 5.11 Å². The zero-order valence-electron chi connectivity index (χ0n) is 4.97. The van der Waals surface area contributed by atoms with Crippen molar-refractivity contribution in [3.05, 3.63) is 0 Å². The van der Waals surface area contributed by atoms with Gasteiger partial charge in [0, 0.05) is 4.83 Å². The van der Waals surface area contributed by atoms with E-state index in [0.717, 1.165) is 6.42 Å². The molecule has 0 amide bonds. The van der Waals surface area contributed by atoms with Crippen molar-refractivity contribution in [2.24, 2.45) is 0 Å². The van der Waals surface area contributed by atoms with Crippen LogP contribution in [0.5, 0.6) is 0 Å². The van der Waals surface area contributed by atoms with Gasteiger partial charge >= 0.3 is 5.97 Å². The molecule has 0 radical (unpaired) electrons. The van der Waals surface area contributed by atoms with Crippen molar-refractivity contribution in [3.63, 3.8) is 0 Å². The van der Waals surface area contributed by atoms with Gasteiger partial charge in [-0.05, 0) is 6.42 Å². The van der Waals surface area contributed by atoms with Gasteiger partial charge in [-0.15, -0.1) is 0 Å². The Labute approximate surface area is 70.9 Å². The molecule has 0 spiro atoms. The zero-order chi connectivity index (χ0) is 7.44. The van der Waals surface area contributed by atoms with Crippen molar-refractivity contribution < 1.29 is 9.90 Å². The minimum Gasteiger partial charge on any atom is -0.480 e. The molecular formula is C5H8Br2O2. The van der Waals surface area contributed by atoms with Crippen molar-refractivity contribution in [1.29, 1.82) is 0 Å². The summed E-state index contributed by atoms with van der Waals surface area (Å²) in [6, 6.07) is 0. The molecule has 54 valence electrons. The Hall–Kier alpha value is 0.430. The van der Waals surface area contributed by atoms with Crippen LogP contribution < -0.4 is 0 Å². The topological polar surface area (TPSA) is 37.3 Å². The first-order chi connectivity index (χ1) is 4.09. The minimum atomic E-state index is -0.821. The quantitative estimate of drug-likeness (QED) is 0.788. The number of aliphatic carboxylic acids is 1. The van der Waals surface area contributed by atoms with Gasteiger partial charge in [-0.25, -0.2) is 0 Å². The first-order valence-corrected chi connectivity index (χ1v) is 4.43. The van der Waals surface area contributed by atoms with E-state index in [-0.39, 0.29) is 4.83 Å². The second-order valence-electron chi connectivity index (χ2n) is 1.66. The molecule has 0 heterocycles. The number of hydrogen-bond donors (Lipinski definition) is 1. The predicted octanol–water partition coefficient (Wildman–Crippen LogP) is 2.01. The molecule has 2 atom stereocenters. The molecule has 1 N–H and O–H groups in total. The predicted molar refractivity (Wildman–Crippen MR) is 43.4 cm³/mol. The Balaban J connectivity index is 3.72. The minimum absolute atomic E-state index is 0.0231. The average Bonchev–Trinajstić information content (AvgIpc) is 1.84. The zero-order valence-corrected chi connectivity index (χ0v) is 8.15. The second-order valence-corrected chi connectivity index (χ2v) is 3.83. The van der Waals surface area contributed by atoms with Crippen LogP contribution in [-0.2, 0) is 4.79 Å². The first kappa shape index (κ1) is 9.43. The summed E-state index contributed by atoms with van der Waals surface area (Å²) in [4.78, 5) is 9.78. The van der Waals surface area contributed by atoms with Gasteiger partial charge in [0.1, 0.15) is 4.83 Å². The fourth-order valence-electron chi connectivity index (χ4n) is 0.362. The fourth-order valence-corrected chi connectivity index (χ4v) is 0.962. The Morgan fingerprint density at radius 3 is 2.22 bits per heavy atom. The Bertz CT molecular complexity index is 105. The van der Waals surface area contributed by atoms with Gasteiger partial charge in [0.25, 0.3) is 0 Å². The SMILES string of the molecule is CCC(Br)C(Br)C(=O)O. The van der Waals surface area contributed by atoms with Crippen molar-refractivity contribution in [2.45, 2.75) is 23.0 Å². The summed E-state index contributed by atoms with van der Waals surface area (Å²) in [5.74, 6) is -0.821. The van der Waals surface area contributed by atoms with Gasteiger partial charge in [0.05, 0.1) is 0 Å². The van der Waals surface area contributed by atoms with Crippen LogP contribution in [0.3, 0.4) is 0 Å². The molecule has 0 rings (SSSR count). The number of carbonyl (C=O) groups is 1. The van der Waals surface area contributed by atoms with Crippen molar-refractivity contribution in [3.8, 4) is 0 Å². The van der Waals surface area contributed by atoms with Gasteiger partial charge in [-0.3, -0.25) is 4.79 Å². The van der Waals surface area contributed by atoms with Crippen LogP contribution in [0, 0.1) is 0 Å². The van der Waals surface area contributed by atoms with E-state index < -0.39 is 10.8 Å². The summed E-state index contributed by atoms with van der Waals surface area (Å²) >= 11 is 6.24. The van der Waals surface area contributed by atoms with Crippen LogP contribution in [0.25, 0.3) is 0 Å². The smallest absolute Gasteiger partial charge is 0.318 e. The maximum atomic E-state index is 10.2. The highest BCUT2D eigenvalue weighted by Gasteiger charge is 2.20. The van der Waals surface area contributed by atoms with Crippen LogP contribution in [0.2, 0.25) is 0 Å². The number of hydrogen-bond acceptors (Lipinski definition) is 1. The summed E-state index contributed by atoms with van der Waals surface area (Å²) in [7, 11) is 0. The lowest BCUT2D eigenvalue weighted by atomic mass is 10.2. The molecule has 2 unspecified atom stereocenters. The molecule has 0 aromatic heterocycles. The maximum Gasteiger partial charge on any atom is 0.318 e. The van der Waals surface area contributed by atoms with Crippen LogP contribution in [0.15, 0.2) is 0 Å². The highest BCUT2D eigenvalue weighted by atomic mass is 79.9. The number of halogens is 2. The molecule has 2 nitrogen and oxygen atoms in total. The molecule has 0 aromatic carbocycles. The third-order valence-corrected chi connectivity index (χ3v) is 3.86. The van der Waals surface area contributed by atoms with E-state index in [1.54, 1.807) is 0 Å². The van der Waals surface area contributed by atoms with E-state index in [0.29, 0.717) is 0 Å². The van der Waals surface area contributed by atoms with E-state index >= 15 is 0 Å². The van der Waals surface area contributed by atoms with Gasteiger partial charge in [0.2, 0.25) is 0 Å². The summed E-state index contributed by atoms with van der Waals surface area (Å²) in [6.07, 6.45) is 0.808. The largest absolute Gasteiger partial charge is 0.480 e. The normalized spacial score (nSPS) is 16.8. The second kappa shape index (κ2) is 4.28. The third kappa shape index (κ3) is 3.20. The van der Waals surface area contributed by atoms with Gasteiger partial charge in [-0.1, -0.05) is 38.8 Å². The summed E-state index contributed by atoms with van der Waals surface area (Å²) in [5, 5.41) is 8.41. The summed E-state index contributed by atoms with van der Waals surface area (Å²) < 4.78 is 0. The molecular weight excluding hydrogens is 252 g/mol. The Kier molecular flexibility index (Phi) is 4.48. The van der Waals surface area contributed by atoms with Crippen molar-refractivity contribution in [1.82, 2.24) is 0 Å². The van der Waals surface area contributed by atoms with E-state index in [4.69, 9.17) is 5.11 Å². The Morgan fingerprint density at radius 2 is 2.11 bits per heavy atom. The molecule has 0 saturated heterocycles. The maximum absolute atomic E-state index is 10.2. The first-order valence-electron chi connectivity index (χ1n) is 2.60. The Morgan fingerprint density at radius 1 is 1.67 bits per heavy atom. The number of alkyl halides is 2. The van der Waals surface area contributed by atoms with Gasteiger partial charge in [0.15, 0.2) is 0 Å². The molecule has 0 aliphatic carbocycles. The molecule has 4 heteroatoms. The molecule has 0 aliphatic heterocycles. The average molecular weight is 260 g/mol. The van der Waals surface area contributed by atoms with Crippen LogP contribution in [0.4, 0.5) is 0 Å². The molecule has 0 bridgehead atoms. The lowest BCUT2D eigenvalue weighted by molar-refractivity contribution is -0.136. The summed E-state index contributed by atoms with van der Waals surface area (Å²) in [6.45, 7) is 1.93. The summed E-state index contributed by atoms with van der Waals surface area (Å²) in [5.41, 5.74) is 0. The van der Waals surface area contributed by atoms with Crippen LogP contribution >= 0.6 is 31.9 Å². The molecule has 0 aliphatic rings. The molecule has 0 fully saturated rings. The number of rotatable bonds is 3. The molecule has 0 saturated carbocycles. The monoisotopic (exact) mass is 258 g/mol. The van der Waals surface area contributed by atoms with E-state index in [9.17, 15) is 4.79 Å². The van der Waals surface area contributed by atoms with E-state index in [1.807, 2.05) is 6.92 Å². The highest BCUT2D eigenvalue weighted by Crippen LogP contribution is 2.17. The van der Waals surface area contributed by atoms with E-state index in [2.05, 4.69) is 31.9 Å². The lowest BCUT2D eigenvalue weighted by Gasteiger charge is -2.08. The van der Waals surface area contributed by atoms with Crippen molar-refractivity contribution >= 4 is 37.8 Å². The number of carboxylic acid groups (broad SMARTS) is 1. The van der Waals surface area contributed by atoms with Crippen LogP contribution in [-0.4, -0.2) is 20.7 Å². The van der Waals surface area contributed by atoms with Crippen LogP contribution in [0.1, 0.15) is 13.3 Å². The molecule has 9 heavy (non-hydrogen) atoms. The fraction of sp³-hybridized carbons (Fsp3) is 0.800. The lowest BCUT2D eigenvalue weighted by Crippen LogP contribution is -2.22. The van der Waals surface area contributed by atoms with Gasteiger partial charge in [-0.2, -0.15) is 0 Å². The highest BCUT2D eigenvalue weighted by molar-refractivity contribution is 9.12.